The van der Waals surface area contributed by atoms with Crippen LogP contribution in [0.25, 0.3) is 65.8 Å². The Morgan fingerprint density at radius 3 is 2.20 bits per heavy atom. The van der Waals surface area contributed by atoms with Gasteiger partial charge in [0, 0.05) is 56.5 Å². The van der Waals surface area contributed by atoms with Crippen molar-refractivity contribution in [1.82, 2.24) is 9.97 Å². The highest BCUT2D eigenvalue weighted by Crippen LogP contribution is 2.54. The monoisotopic (exact) mass is 829 g/mol. The Balaban J connectivity index is 0.851. The summed E-state index contributed by atoms with van der Waals surface area (Å²) in [5.41, 5.74) is 19.1. The number of allylic oxidation sites excluding steroid dienone is 15. The maximum absolute atomic E-state index is 5.70. The zero-order valence-corrected chi connectivity index (χ0v) is 36.0. The smallest absolute Gasteiger partial charge is 0.0972 e. The molecule has 0 N–H and O–H groups in total. The van der Waals surface area contributed by atoms with Gasteiger partial charge in [-0.05, 0) is 97.2 Å². The molecule has 6 aliphatic rings. The summed E-state index contributed by atoms with van der Waals surface area (Å²) in [6, 6.07) is 48.6. The van der Waals surface area contributed by atoms with E-state index in [0.29, 0.717) is 0 Å². The van der Waals surface area contributed by atoms with Crippen LogP contribution in [0.1, 0.15) is 47.6 Å². The Morgan fingerprint density at radius 1 is 0.569 bits per heavy atom. The van der Waals surface area contributed by atoms with Crippen molar-refractivity contribution in [2.45, 2.75) is 31.2 Å². The highest BCUT2D eigenvalue weighted by Gasteiger charge is 2.44. The molecule has 6 aromatic carbocycles. The van der Waals surface area contributed by atoms with Crippen molar-refractivity contribution in [3.05, 3.63) is 251 Å². The summed E-state index contributed by atoms with van der Waals surface area (Å²) in [5, 5.41) is 7.46. The number of aliphatic imine (C=N–C) groups is 1. The van der Waals surface area contributed by atoms with Gasteiger partial charge in [-0.3, -0.25) is 9.98 Å². The standard InChI is InChI=1S/C62H43N3/c1-62-31-10-9-20-54(62)65-59(57-50-18-7-5-16-48(50)49-17-6-8-19-52(49)58(57)62)43-15-11-14-40(32-43)45-33-41-23-21-38-25-28-47(51-29-26-42(34-45)55(41)56(38)51)46-35-44-24-22-39-27-30-53(37-12-3-2-4-13-37)64-61(39)60(44)63-36-46/h2-9,11-30,32-36,54-56H,10,31H2,1H3. The lowest BCUT2D eigenvalue weighted by Gasteiger charge is -2.43. The van der Waals surface area contributed by atoms with Gasteiger partial charge >= 0.3 is 0 Å². The first-order valence-corrected chi connectivity index (χ1v) is 23.1. The van der Waals surface area contributed by atoms with E-state index in [-0.39, 0.29) is 23.3 Å². The van der Waals surface area contributed by atoms with E-state index in [1.807, 2.05) is 6.07 Å². The molecule has 0 radical (unpaired) electrons. The number of benzene rings is 6. The van der Waals surface area contributed by atoms with Crippen LogP contribution in [0.5, 0.6) is 0 Å². The van der Waals surface area contributed by atoms with E-state index in [4.69, 9.17) is 15.0 Å². The molecule has 0 spiro atoms. The molecule has 1 aliphatic heterocycles. The Kier molecular flexibility index (Phi) is 7.83. The van der Waals surface area contributed by atoms with E-state index in [9.17, 15) is 0 Å². The summed E-state index contributed by atoms with van der Waals surface area (Å²) in [4.78, 5) is 15.9. The second-order valence-electron chi connectivity index (χ2n) is 18.8. The third kappa shape index (κ3) is 5.45. The summed E-state index contributed by atoms with van der Waals surface area (Å²) in [6.45, 7) is 2.45. The molecular weight excluding hydrogens is 787 g/mol. The average Bonchev–Trinajstić information content (AvgIpc) is 3.37. The third-order valence-corrected chi connectivity index (χ3v) is 15.2. The molecule has 4 atom stereocenters. The second kappa shape index (κ2) is 13.9. The Hall–Kier alpha value is -7.75. The zero-order chi connectivity index (χ0) is 42.8. The van der Waals surface area contributed by atoms with Crippen molar-refractivity contribution in [2.24, 2.45) is 16.8 Å². The number of hydrogen-bond donors (Lipinski definition) is 0. The summed E-state index contributed by atoms with van der Waals surface area (Å²) >= 11 is 0. The van der Waals surface area contributed by atoms with Gasteiger partial charge in [0.1, 0.15) is 0 Å². The molecular formula is C62H43N3. The van der Waals surface area contributed by atoms with Crippen molar-refractivity contribution in [1.29, 1.82) is 0 Å². The molecule has 3 nitrogen and oxygen atoms in total. The van der Waals surface area contributed by atoms with Gasteiger partial charge < -0.3 is 0 Å². The molecule has 5 aliphatic carbocycles. The van der Waals surface area contributed by atoms with Crippen molar-refractivity contribution in [3.63, 3.8) is 0 Å². The Bertz CT molecular complexity index is 3730. The number of rotatable bonds is 4. The van der Waals surface area contributed by atoms with Crippen LogP contribution in [-0.4, -0.2) is 21.7 Å². The molecule has 65 heavy (non-hydrogen) atoms. The van der Waals surface area contributed by atoms with E-state index < -0.39 is 0 Å². The predicted molar refractivity (Wildman–Crippen MR) is 270 cm³/mol. The normalized spacial score (nSPS) is 22.5. The van der Waals surface area contributed by atoms with E-state index in [2.05, 4.69) is 201 Å². The Labute approximate surface area is 378 Å². The lowest BCUT2D eigenvalue weighted by Crippen LogP contribution is -2.42. The molecule has 0 fully saturated rings. The van der Waals surface area contributed by atoms with Crippen molar-refractivity contribution < 1.29 is 0 Å². The number of pyridine rings is 2. The van der Waals surface area contributed by atoms with E-state index in [0.717, 1.165) is 57.2 Å². The SMILES string of the molecule is CC12CCC=CC1N=C(c1cccc(C3=CC4=CC=C5C(c6cnc7c(ccc8ccc(-c9ccccc9)nc87)c6)=CC=C6C=CC(=C3)C4C65)c1)c1c2c2ccccc2c2ccccc12. The van der Waals surface area contributed by atoms with Crippen molar-refractivity contribution in [3.8, 4) is 11.3 Å². The maximum atomic E-state index is 5.70. The fourth-order valence-corrected chi connectivity index (χ4v) is 12.1. The molecule has 4 unspecified atom stereocenters. The fourth-order valence-electron chi connectivity index (χ4n) is 12.1. The van der Waals surface area contributed by atoms with Gasteiger partial charge in [-0.1, -0.05) is 183 Å². The first-order chi connectivity index (χ1) is 32.1. The summed E-state index contributed by atoms with van der Waals surface area (Å²) < 4.78 is 0. The maximum Gasteiger partial charge on any atom is 0.0972 e. The number of aromatic nitrogens is 2. The van der Waals surface area contributed by atoms with Crippen LogP contribution in [0.2, 0.25) is 0 Å². The summed E-state index contributed by atoms with van der Waals surface area (Å²) in [5.74, 6) is 0.497. The topological polar surface area (TPSA) is 38.1 Å². The summed E-state index contributed by atoms with van der Waals surface area (Å²) in [7, 11) is 0. The quantitative estimate of drug-likeness (QED) is 0.131. The van der Waals surface area contributed by atoms with Gasteiger partial charge in [0.25, 0.3) is 0 Å². The molecule has 0 bridgehead atoms. The molecule has 0 amide bonds. The largest absolute Gasteiger partial charge is 0.276 e. The third-order valence-electron chi connectivity index (χ3n) is 15.2. The van der Waals surface area contributed by atoms with Crippen LogP contribution in [0, 0.1) is 11.8 Å². The second-order valence-corrected chi connectivity index (χ2v) is 18.8. The molecule has 0 saturated carbocycles. The molecule has 306 valence electrons. The van der Waals surface area contributed by atoms with Crippen LogP contribution in [0.4, 0.5) is 0 Å². The minimum atomic E-state index is -0.0842. The highest BCUT2D eigenvalue weighted by molar-refractivity contribution is 6.27. The van der Waals surface area contributed by atoms with Crippen LogP contribution < -0.4 is 0 Å². The van der Waals surface area contributed by atoms with Crippen molar-refractivity contribution in [2.75, 3.05) is 0 Å². The molecule has 3 heteroatoms. The number of fused-ring (bicyclic) bond motifs is 11. The van der Waals surface area contributed by atoms with Crippen LogP contribution >= 0.6 is 0 Å². The van der Waals surface area contributed by atoms with Gasteiger partial charge in [-0.25, -0.2) is 4.98 Å². The molecule has 2 aromatic heterocycles. The first-order valence-electron chi connectivity index (χ1n) is 23.1. The fraction of sp³-hybridized carbons (Fsp3) is 0.113. The summed E-state index contributed by atoms with van der Waals surface area (Å²) in [6.07, 6.45) is 27.9. The van der Waals surface area contributed by atoms with E-state index in [1.165, 1.54) is 77.2 Å². The minimum Gasteiger partial charge on any atom is -0.276 e. The Morgan fingerprint density at radius 2 is 1.31 bits per heavy atom. The van der Waals surface area contributed by atoms with Crippen LogP contribution in [0.3, 0.4) is 0 Å². The molecule has 0 saturated heterocycles. The van der Waals surface area contributed by atoms with Gasteiger partial charge in [0.2, 0.25) is 0 Å². The highest BCUT2D eigenvalue weighted by atomic mass is 14.9. The van der Waals surface area contributed by atoms with Gasteiger partial charge in [0.05, 0.1) is 28.5 Å². The minimum absolute atomic E-state index is 0.0802. The van der Waals surface area contributed by atoms with E-state index in [1.54, 1.807) is 0 Å². The van der Waals surface area contributed by atoms with E-state index >= 15 is 0 Å². The van der Waals surface area contributed by atoms with Gasteiger partial charge in [-0.15, -0.1) is 0 Å². The number of nitrogens with zero attached hydrogens (tertiary/aromatic N) is 3. The molecule has 8 aromatic rings. The molecule has 14 rings (SSSR count). The average molecular weight is 830 g/mol. The van der Waals surface area contributed by atoms with Gasteiger partial charge in [0.15, 0.2) is 0 Å². The lowest BCUT2D eigenvalue weighted by molar-refractivity contribution is 0.378. The lowest BCUT2D eigenvalue weighted by atomic mass is 9.62. The number of hydrogen-bond acceptors (Lipinski definition) is 3. The van der Waals surface area contributed by atoms with Gasteiger partial charge in [-0.2, -0.15) is 0 Å². The molecule has 3 heterocycles. The van der Waals surface area contributed by atoms with Crippen LogP contribution in [-0.2, 0) is 5.41 Å². The van der Waals surface area contributed by atoms with Crippen molar-refractivity contribution >= 4 is 60.2 Å². The predicted octanol–water partition coefficient (Wildman–Crippen LogP) is 14.6. The zero-order valence-electron chi connectivity index (χ0n) is 36.0. The first kappa shape index (κ1) is 36.7. The van der Waals surface area contributed by atoms with Crippen LogP contribution in [0.15, 0.2) is 228 Å².